The molecule has 0 aromatic heterocycles. The molecule has 4 nitrogen and oxygen atoms in total. The SMILES string of the molecule is CCC1SC(=S)N(CCCCCC(=O)Nc2ccccc2)C1=O. The van der Waals surface area contributed by atoms with Crippen LogP contribution in [-0.4, -0.2) is 32.8 Å². The number of thiocarbonyl (C=S) groups is 1. The van der Waals surface area contributed by atoms with Gasteiger partial charge in [0.2, 0.25) is 11.8 Å². The number of rotatable bonds is 8. The van der Waals surface area contributed by atoms with Gasteiger partial charge in [-0.05, 0) is 31.4 Å². The van der Waals surface area contributed by atoms with Gasteiger partial charge in [0.15, 0.2) is 0 Å². The van der Waals surface area contributed by atoms with Crippen molar-refractivity contribution in [1.82, 2.24) is 4.90 Å². The summed E-state index contributed by atoms with van der Waals surface area (Å²) >= 11 is 6.75. The molecular weight excluding hydrogens is 328 g/mol. The Morgan fingerprint density at radius 1 is 1.26 bits per heavy atom. The quantitative estimate of drug-likeness (QED) is 0.572. The zero-order chi connectivity index (χ0) is 16.7. The van der Waals surface area contributed by atoms with Crippen molar-refractivity contribution in [3.63, 3.8) is 0 Å². The Kier molecular flexibility index (Phi) is 7.05. The van der Waals surface area contributed by atoms with E-state index in [1.165, 1.54) is 11.8 Å². The highest BCUT2D eigenvalue weighted by molar-refractivity contribution is 8.24. The van der Waals surface area contributed by atoms with Crippen LogP contribution >= 0.6 is 24.0 Å². The summed E-state index contributed by atoms with van der Waals surface area (Å²) < 4.78 is 0.698. The molecule has 23 heavy (non-hydrogen) atoms. The van der Waals surface area contributed by atoms with E-state index in [-0.39, 0.29) is 17.1 Å². The lowest BCUT2D eigenvalue weighted by Crippen LogP contribution is -2.32. The van der Waals surface area contributed by atoms with Crippen LogP contribution in [0, 0.1) is 0 Å². The van der Waals surface area contributed by atoms with Crippen molar-refractivity contribution in [3.8, 4) is 0 Å². The smallest absolute Gasteiger partial charge is 0.241 e. The van der Waals surface area contributed by atoms with Gasteiger partial charge in [-0.25, -0.2) is 0 Å². The normalized spacial score (nSPS) is 17.6. The van der Waals surface area contributed by atoms with Crippen LogP contribution in [0.25, 0.3) is 0 Å². The number of benzene rings is 1. The second-order valence-corrected chi connectivity index (χ2v) is 7.33. The van der Waals surface area contributed by atoms with E-state index in [0.717, 1.165) is 31.4 Å². The van der Waals surface area contributed by atoms with Crippen LogP contribution in [0.15, 0.2) is 30.3 Å². The van der Waals surface area contributed by atoms with Crippen molar-refractivity contribution in [1.29, 1.82) is 0 Å². The lowest BCUT2D eigenvalue weighted by Gasteiger charge is -2.15. The minimum atomic E-state index is -0.000787. The maximum absolute atomic E-state index is 12.1. The first-order chi connectivity index (χ1) is 11.1. The summed E-state index contributed by atoms with van der Waals surface area (Å²) in [6.45, 7) is 2.68. The van der Waals surface area contributed by atoms with E-state index in [1.807, 2.05) is 37.3 Å². The van der Waals surface area contributed by atoms with Gasteiger partial charge in [-0.1, -0.05) is 55.5 Å². The van der Waals surface area contributed by atoms with Gasteiger partial charge in [0.1, 0.15) is 4.32 Å². The molecule has 124 valence electrons. The van der Waals surface area contributed by atoms with E-state index in [0.29, 0.717) is 17.3 Å². The summed E-state index contributed by atoms with van der Waals surface area (Å²) in [5.41, 5.74) is 0.827. The second kappa shape index (κ2) is 9.03. The predicted octanol–water partition coefficient (Wildman–Crippen LogP) is 3.82. The van der Waals surface area contributed by atoms with Crippen LogP contribution in [0.1, 0.15) is 39.0 Å². The molecule has 2 amide bonds. The fourth-order valence-electron chi connectivity index (χ4n) is 2.44. The molecule has 1 fully saturated rings. The molecule has 0 spiro atoms. The highest BCUT2D eigenvalue weighted by Gasteiger charge is 2.34. The van der Waals surface area contributed by atoms with Crippen LogP contribution in [0.4, 0.5) is 5.69 Å². The Morgan fingerprint density at radius 3 is 2.65 bits per heavy atom. The van der Waals surface area contributed by atoms with Crippen LogP contribution in [0.5, 0.6) is 0 Å². The topological polar surface area (TPSA) is 49.4 Å². The second-order valence-electron chi connectivity index (χ2n) is 5.50. The van der Waals surface area contributed by atoms with Gasteiger partial charge in [0.25, 0.3) is 0 Å². The van der Waals surface area contributed by atoms with Crippen LogP contribution < -0.4 is 5.32 Å². The van der Waals surface area contributed by atoms with E-state index >= 15 is 0 Å². The first kappa shape index (κ1) is 17.9. The van der Waals surface area contributed by atoms with E-state index < -0.39 is 0 Å². The molecule has 1 aliphatic heterocycles. The first-order valence-electron chi connectivity index (χ1n) is 7.98. The standard InChI is InChI=1S/C17H22N2O2S2/c1-2-14-16(21)19(17(22)23-14)12-8-4-7-11-15(20)18-13-9-5-3-6-10-13/h3,5-6,9-10,14H,2,4,7-8,11-12H2,1H3,(H,18,20). The molecule has 1 N–H and O–H groups in total. The zero-order valence-corrected chi connectivity index (χ0v) is 14.9. The average Bonchev–Trinajstić information content (AvgIpc) is 2.82. The third-order valence-electron chi connectivity index (χ3n) is 3.72. The zero-order valence-electron chi connectivity index (χ0n) is 13.3. The largest absolute Gasteiger partial charge is 0.326 e. The molecule has 0 aliphatic carbocycles. The fourth-order valence-corrected chi connectivity index (χ4v) is 3.91. The highest BCUT2D eigenvalue weighted by atomic mass is 32.2. The van der Waals surface area contributed by atoms with Crippen molar-refractivity contribution in [2.24, 2.45) is 0 Å². The van der Waals surface area contributed by atoms with E-state index in [1.54, 1.807) is 4.90 Å². The van der Waals surface area contributed by atoms with Gasteiger partial charge in [0, 0.05) is 18.7 Å². The van der Waals surface area contributed by atoms with Gasteiger partial charge in [-0.3, -0.25) is 14.5 Å². The predicted molar refractivity (Wildman–Crippen MR) is 99.5 cm³/mol. The minimum Gasteiger partial charge on any atom is -0.326 e. The Bertz CT molecular complexity index is 563. The molecule has 6 heteroatoms. The Labute approximate surface area is 147 Å². The number of carbonyl (C=O) groups excluding carboxylic acids is 2. The number of unbranched alkanes of at least 4 members (excludes halogenated alkanes) is 2. The maximum Gasteiger partial charge on any atom is 0.241 e. The van der Waals surface area contributed by atoms with E-state index in [4.69, 9.17) is 12.2 Å². The number of hydrogen-bond donors (Lipinski definition) is 1. The lowest BCUT2D eigenvalue weighted by atomic mass is 10.1. The molecule has 0 bridgehead atoms. The molecule has 0 radical (unpaired) electrons. The molecular formula is C17H22N2O2S2. The summed E-state index contributed by atoms with van der Waals surface area (Å²) in [4.78, 5) is 25.6. The van der Waals surface area contributed by atoms with Crippen LogP contribution in [0.2, 0.25) is 0 Å². The van der Waals surface area contributed by atoms with Crippen molar-refractivity contribution in [3.05, 3.63) is 30.3 Å². The van der Waals surface area contributed by atoms with Crippen molar-refractivity contribution in [2.75, 3.05) is 11.9 Å². The van der Waals surface area contributed by atoms with Gasteiger partial charge in [-0.15, -0.1) is 0 Å². The van der Waals surface area contributed by atoms with Crippen LogP contribution in [-0.2, 0) is 9.59 Å². The van der Waals surface area contributed by atoms with Crippen LogP contribution in [0.3, 0.4) is 0 Å². The monoisotopic (exact) mass is 350 g/mol. The highest BCUT2D eigenvalue weighted by Crippen LogP contribution is 2.29. The van der Waals surface area contributed by atoms with Gasteiger partial charge >= 0.3 is 0 Å². The Balaban J connectivity index is 1.62. The number of carbonyl (C=O) groups is 2. The minimum absolute atomic E-state index is 0.000787. The summed E-state index contributed by atoms with van der Waals surface area (Å²) in [7, 11) is 0. The van der Waals surface area contributed by atoms with Gasteiger partial charge < -0.3 is 5.32 Å². The molecule has 1 unspecified atom stereocenters. The summed E-state index contributed by atoms with van der Waals surface area (Å²) in [6, 6.07) is 9.46. The number of nitrogens with zero attached hydrogens (tertiary/aromatic N) is 1. The lowest BCUT2D eigenvalue weighted by molar-refractivity contribution is -0.126. The molecule has 1 aliphatic rings. The van der Waals surface area contributed by atoms with Crippen molar-refractivity contribution >= 4 is 45.8 Å². The van der Waals surface area contributed by atoms with Crippen molar-refractivity contribution in [2.45, 2.75) is 44.3 Å². The summed E-state index contributed by atoms with van der Waals surface area (Å²) in [5.74, 6) is 0.176. The molecule has 0 saturated carbocycles. The number of anilines is 1. The maximum atomic E-state index is 12.1. The fraction of sp³-hybridized carbons (Fsp3) is 0.471. The molecule has 1 saturated heterocycles. The average molecular weight is 351 g/mol. The number of thioether (sulfide) groups is 1. The van der Waals surface area contributed by atoms with E-state index in [9.17, 15) is 9.59 Å². The number of para-hydroxylation sites is 1. The third-order valence-corrected chi connectivity index (χ3v) is 5.47. The molecule has 1 aromatic carbocycles. The van der Waals surface area contributed by atoms with Gasteiger partial charge in [0.05, 0.1) is 5.25 Å². The van der Waals surface area contributed by atoms with Gasteiger partial charge in [-0.2, -0.15) is 0 Å². The summed E-state index contributed by atoms with van der Waals surface area (Å²) in [6.07, 6.45) is 3.93. The molecule has 1 aromatic rings. The first-order valence-corrected chi connectivity index (χ1v) is 9.27. The summed E-state index contributed by atoms with van der Waals surface area (Å²) in [5, 5.41) is 2.87. The third kappa shape index (κ3) is 5.32. The molecule has 1 atom stereocenters. The Morgan fingerprint density at radius 2 is 2.00 bits per heavy atom. The van der Waals surface area contributed by atoms with E-state index in [2.05, 4.69) is 5.32 Å². The van der Waals surface area contributed by atoms with Crippen molar-refractivity contribution < 1.29 is 9.59 Å². The molecule has 2 rings (SSSR count). The number of hydrogen-bond acceptors (Lipinski definition) is 4. The number of amides is 2. The number of nitrogens with one attached hydrogen (secondary N) is 1. The Hall–Kier alpha value is -1.40. The molecule has 1 heterocycles.